The molecule has 0 atom stereocenters. The van der Waals surface area contributed by atoms with Crippen molar-refractivity contribution >= 4 is 46.8 Å². The quantitative estimate of drug-likeness (QED) is 0.461. The molecule has 1 aromatic heterocycles. The minimum absolute atomic E-state index is 0.0186. The Kier molecular flexibility index (Phi) is 6.48. The van der Waals surface area contributed by atoms with Gasteiger partial charge in [0.25, 0.3) is 0 Å². The largest absolute Gasteiger partial charge is 0.462 e. The van der Waals surface area contributed by atoms with Crippen molar-refractivity contribution in [2.24, 2.45) is 5.14 Å². The predicted octanol–water partition coefficient (Wildman–Crippen LogP) is 3.69. The number of benzene rings is 2. The summed E-state index contributed by atoms with van der Waals surface area (Å²) in [6.45, 7) is 2.02. The Balaban J connectivity index is 2.23. The molecular weight excluding hydrogens is 429 g/mol. The molecule has 5 nitrogen and oxygen atoms in total. The molecular formula is C20H19BClNO4S2. The minimum Gasteiger partial charge on any atom is -0.462 e. The molecule has 2 aromatic carbocycles. The molecule has 0 aliphatic carbocycles. The van der Waals surface area contributed by atoms with Crippen LogP contribution in [0.5, 0.6) is 0 Å². The highest BCUT2D eigenvalue weighted by molar-refractivity contribution is 7.89. The molecule has 1 heterocycles. The molecule has 0 saturated heterocycles. The molecule has 0 radical (unpaired) electrons. The fourth-order valence-electron chi connectivity index (χ4n) is 3.09. The summed E-state index contributed by atoms with van der Waals surface area (Å²) in [4.78, 5) is 14.1. The first-order valence-electron chi connectivity index (χ1n) is 8.98. The van der Waals surface area contributed by atoms with Gasteiger partial charge in [0.2, 0.25) is 10.0 Å². The van der Waals surface area contributed by atoms with Gasteiger partial charge in [-0.25, -0.2) is 18.4 Å². The zero-order valence-electron chi connectivity index (χ0n) is 15.9. The minimum atomic E-state index is -3.80. The highest BCUT2D eigenvalue weighted by atomic mass is 35.5. The van der Waals surface area contributed by atoms with Crippen molar-refractivity contribution in [1.29, 1.82) is 0 Å². The Labute approximate surface area is 179 Å². The maximum Gasteiger partial charge on any atom is 0.348 e. The summed E-state index contributed by atoms with van der Waals surface area (Å²) in [5.41, 5.74) is 3.42. The molecule has 0 amide bonds. The second kappa shape index (κ2) is 8.71. The number of ether oxygens (including phenoxy) is 1. The van der Waals surface area contributed by atoms with Gasteiger partial charge >= 0.3 is 5.97 Å². The van der Waals surface area contributed by atoms with Crippen LogP contribution < -0.4 is 5.14 Å². The van der Waals surface area contributed by atoms with Crippen LogP contribution >= 0.6 is 22.9 Å². The van der Waals surface area contributed by atoms with Gasteiger partial charge in [-0.2, -0.15) is 0 Å². The van der Waals surface area contributed by atoms with Gasteiger partial charge in [-0.05, 0) is 47.9 Å². The number of nitrogens with two attached hydrogens (primary N) is 1. The third-order valence-corrected chi connectivity index (χ3v) is 6.84. The standard InChI is InChI=1S/C20H19BClNO4S2/c1-2-27-20(24)19-17(12-5-9-15(10-6-12)29(23,25)26)16(11-21)18(28-19)13-3-7-14(22)8-4-13/h3-10H,2,11,21H2,1H3,(H2,23,25,26). The van der Waals surface area contributed by atoms with Crippen molar-refractivity contribution in [1.82, 2.24) is 0 Å². The summed E-state index contributed by atoms with van der Waals surface area (Å²) >= 11 is 7.38. The number of esters is 1. The molecule has 0 aliphatic rings. The molecule has 0 unspecified atom stereocenters. The van der Waals surface area contributed by atoms with E-state index in [4.69, 9.17) is 21.5 Å². The molecule has 9 heteroatoms. The van der Waals surface area contributed by atoms with Crippen LogP contribution in [0.4, 0.5) is 0 Å². The van der Waals surface area contributed by atoms with Crippen LogP contribution in [-0.2, 0) is 21.1 Å². The fraction of sp³-hybridized carbons (Fsp3) is 0.150. The first-order valence-corrected chi connectivity index (χ1v) is 11.7. The summed E-state index contributed by atoms with van der Waals surface area (Å²) in [6, 6.07) is 13.6. The Hall–Kier alpha value is -2.13. The van der Waals surface area contributed by atoms with Crippen molar-refractivity contribution in [2.75, 3.05) is 6.61 Å². The van der Waals surface area contributed by atoms with Gasteiger partial charge < -0.3 is 4.74 Å². The van der Waals surface area contributed by atoms with E-state index in [1.165, 1.54) is 23.5 Å². The number of rotatable bonds is 6. The Bertz CT molecular complexity index is 1140. The third-order valence-electron chi connectivity index (χ3n) is 4.40. The summed E-state index contributed by atoms with van der Waals surface area (Å²) < 4.78 is 28.4. The monoisotopic (exact) mass is 447 g/mol. The van der Waals surface area contributed by atoms with Crippen molar-refractivity contribution in [3.05, 3.63) is 64.0 Å². The highest BCUT2D eigenvalue weighted by Crippen LogP contribution is 2.43. The van der Waals surface area contributed by atoms with Crippen LogP contribution in [-0.4, -0.2) is 28.8 Å². The van der Waals surface area contributed by atoms with Gasteiger partial charge in [0.15, 0.2) is 0 Å². The molecule has 0 saturated carbocycles. The lowest BCUT2D eigenvalue weighted by Crippen LogP contribution is -2.11. The molecule has 150 valence electrons. The molecule has 3 rings (SSSR count). The first kappa shape index (κ1) is 21.6. The lowest BCUT2D eigenvalue weighted by Gasteiger charge is -2.09. The van der Waals surface area contributed by atoms with Crippen LogP contribution in [0.2, 0.25) is 5.02 Å². The number of primary sulfonamides is 1. The molecule has 0 aliphatic heterocycles. The second-order valence-electron chi connectivity index (χ2n) is 6.26. The maximum atomic E-state index is 12.7. The van der Waals surface area contributed by atoms with E-state index in [0.29, 0.717) is 16.2 Å². The topological polar surface area (TPSA) is 86.5 Å². The van der Waals surface area contributed by atoms with Crippen LogP contribution in [0.15, 0.2) is 53.4 Å². The summed E-state index contributed by atoms with van der Waals surface area (Å²) in [5, 5.41) is 5.83. The van der Waals surface area contributed by atoms with E-state index in [9.17, 15) is 13.2 Å². The number of carbonyl (C=O) groups is 1. The van der Waals surface area contributed by atoms with Gasteiger partial charge in [0.05, 0.1) is 11.5 Å². The molecule has 0 spiro atoms. The fourth-order valence-corrected chi connectivity index (χ4v) is 5.05. The van der Waals surface area contributed by atoms with Crippen molar-refractivity contribution in [3.8, 4) is 21.6 Å². The Morgan fingerprint density at radius 2 is 1.69 bits per heavy atom. The van der Waals surface area contributed by atoms with E-state index in [-0.39, 0.29) is 11.5 Å². The number of sulfonamides is 1. The number of hydrogen-bond acceptors (Lipinski definition) is 5. The number of halogens is 1. The molecule has 0 bridgehead atoms. The van der Waals surface area contributed by atoms with Gasteiger partial charge in [-0.15, -0.1) is 11.3 Å². The van der Waals surface area contributed by atoms with Gasteiger partial charge in [0.1, 0.15) is 12.7 Å². The van der Waals surface area contributed by atoms with E-state index in [2.05, 4.69) is 0 Å². The van der Waals surface area contributed by atoms with E-state index >= 15 is 0 Å². The van der Waals surface area contributed by atoms with Gasteiger partial charge in [-0.1, -0.05) is 42.2 Å². The highest BCUT2D eigenvalue weighted by Gasteiger charge is 2.25. The lowest BCUT2D eigenvalue weighted by molar-refractivity contribution is 0.0533. The third kappa shape index (κ3) is 4.56. The Morgan fingerprint density at radius 1 is 1.10 bits per heavy atom. The summed E-state index contributed by atoms with van der Waals surface area (Å²) in [7, 11) is -1.78. The zero-order valence-corrected chi connectivity index (χ0v) is 18.3. The number of hydrogen-bond donors (Lipinski definition) is 1. The van der Waals surface area contributed by atoms with E-state index < -0.39 is 16.0 Å². The number of carbonyl (C=O) groups excluding carboxylic acids is 1. The second-order valence-corrected chi connectivity index (χ2v) is 9.28. The maximum absolute atomic E-state index is 12.7. The van der Waals surface area contributed by atoms with Gasteiger partial charge in [-0.3, -0.25) is 0 Å². The summed E-state index contributed by atoms with van der Waals surface area (Å²) in [6.07, 6.45) is 0.681. The summed E-state index contributed by atoms with van der Waals surface area (Å²) in [5.74, 6) is -0.405. The van der Waals surface area contributed by atoms with Crippen LogP contribution in [0, 0.1) is 0 Å². The zero-order chi connectivity index (χ0) is 21.2. The van der Waals surface area contributed by atoms with E-state index in [1.807, 2.05) is 20.0 Å². The normalized spacial score (nSPS) is 11.4. The number of thiophene rings is 1. The molecule has 2 N–H and O–H groups in total. The van der Waals surface area contributed by atoms with Crippen LogP contribution in [0.3, 0.4) is 0 Å². The average molecular weight is 448 g/mol. The van der Waals surface area contributed by atoms with Crippen LogP contribution in [0.25, 0.3) is 21.6 Å². The van der Waals surface area contributed by atoms with E-state index in [0.717, 1.165) is 27.1 Å². The molecule has 0 fully saturated rings. The smallest absolute Gasteiger partial charge is 0.348 e. The average Bonchev–Trinajstić information content (AvgIpc) is 3.08. The van der Waals surface area contributed by atoms with Crippen molar-refractivity contribution < 1.29 is 17.9 Å². The molecule has 3 aromatic rings. The van der Waals surface area contributed by atoms with Gasteiger partial charge in [0, 0.05) is 15.5 Å². The first-order chi connectivity index (χ1) is 13.8. The lowest BCUT2D eigenvalue weighted by atomic mass is 9.88. The van der Waals surface area contributed by atoms with E-state index in [1.54, 1.807) is 31.2 Å². The predicted molar refractivity (Wildman–Crippen MR) is 120 cm³/mol. The molecule has 29 heavy (non-hydrogen) atoms. The van der Waals surface area contributed by atoms with Crippen molar-refractivity contribution in [3.63, 3.8) is 0 Å². The Morgan fingerprint density at radius 3 is 2.21 bits per heavy atom. The van der Waals surface area contributed by atoms with Crippen molar-refractivity contribution in [2.45, 2.75) is 18.1 Å². The van der Waals surface area contributed by atoms with Crippen LogP contribution in [0.1, 0.15) is 22.2 Å². The SMILES string of the molecule is BCc1c(-c2ccc(Cl)cc2)sc(C(=O)OCC)c1-c1ccc(S(N)(=O)=O)cc1.